The highest BCUT2D eigenvalue weighted by Crippen LogP contribution is 2.36. The monoisotopic (exact) mass is 674 g/mol. The summed E-state index contributed by atoms with van der Waals surface area (Å²) in [6.45, 7) is 14.5. The zero-order chi connectivity index (χ0) is 23.4. The maximum atomic E-state index is 5.83. The lowest BCUT2D eigenvalue weighted by Crippen LogP contribution is -2.13. The van der Waals surface area contributed by atoms with Crippen LogP contribution in [0.15, 0.2) is 54.3 Å². The summed E-state index contributed by atoms with van der Waals surface area (Å²) in [5, 5.41) is 0. The second kappa shape index (κ2) is 11.3. The molecule has 2 rings (SSSR count). The minimum Gasteiger partial charge on any atom is -0.373 e. The Morgan fingerprint density at radius 1 is 0.645 bits per heavy atom. The summed E-state index contributed by atoms with van der Waals surface area (Å²) in [4.78, 5) is 0. The van der Waals surface area contributed by atoms with Gasteiger partial charge in [0, 0.05) is 17.9 Å². The van der Waals surface area contributed by atoms with Crippen molar-refractivity contribution in [2.24, 2.45) is 0 Å². The van der Waals surface area contributed by atoms with Crippen molar-refractivity contribution in [1.82, 2.24) is 0 Å². The van der Waals surface area contributed by atoms with Gasteiger partial charge in [-0.1, -0.05) is 130 Å². The molecule has 0 amide bonds. The van der Waals surface area contributed by atoms with Crippen LogP contribution in [0.5, 0.6) is 0 Å². The van der Waals surface area contributed by atoms with Gasteiger partial charge in [0.15, 0.2) is 0 Å². The van der Waals surface area contributed by atoms with Crippen molar-refractivity contribution >= 4 is 75.9 Å². The van der Waals surface area contributed by atoms with Gasteiger partial charge >= 0.3 is 0 Å². The minimum atomic E-state index is 0.0540. The Bertz CT molecular complexity index is 897. The van der Waals surface area contributed by atoms with Gasteiger partial charge in [-0.3, -0.25) is 0 Å². The molecule has 2 aromatic carbocycles. The van der Waals surface area contributed by atoms with Crippen molar-refractivity contribution in [3.63, 3.8) is 0 Å². The third-order valence-electron chi connectivity index (χ3n) is 4.80. The maximum Gasteiger partial charge on any atom is 0.0655 e. The zero-order valence-electron chi connectivity index (χ0n) is 19.0. The highest BCUT2D eigenvalue weighted by molar-refractivity contribution is 9.11. The van der Waals surface area contributed by atoms with Crippen LogP contribution in [-0.2, 0) is 15.6 Å². The van der Waals surface area contributed by atoms with Crippen LogP contribution in [-0.4, -0.2) is 13.2 Å². The maximum absolute atomic E-state index is 5.83. The highest BCUT2D eigenvalue weighted by atomic mass is 79.9. The smallest absolute Gasteiger partial charge is 0.0655 e. The molecule has 0 aliphatic carbocycles. The van der Waals surface area contributed by atoms with E-state index in [0.29, 0.717) is 13.2 Å². The first-order valence-corrected chi connectivity index (χ1v) is 13.4. The van der Waals surface area contributed by atoms with E-state index in [1.54, 1.807) is 0 Å². The van der Waals surface area contributed by atoms with E-state index in [0.717, 1.165) is 17.9 Å². The molecule has 0 atom stereocenters. The molecule has 0 fully saturated rings. The fourth-order valence-corrected chi connectivity index (χ4v) is 6.00. The first-order chi connectivity index (χ1) is 14.3. The van der Waals surface area contributed by atoms with Crippen molar-refractivity contribution in [1.29, 1.82) is 0 Å². The Morgan fingerprint density at radius 2 is 1.00 bits per heavy atom. The number of rotatable bonds is 6. The molecule has 0 heterocycles. The van der Waals surface area contributed by atoms with Crippen molar-refractivity contribution in [3.8, 4) is 0 Å². The van der Waals surface area contributed by atoms with E-state index in [1.165, 1.54) is 22.3 Å². The summed E-state index contributed by atoms with van der Waals surface area (Å²) in [5.74, 6) is 0. The molecule has 0 aliphatic heterocycles. The van der Waals surface area contributed by atoms with E-state index in [4.69, 9.17) is 4.74 Å². The van der Waals surface area contributed by atoms with Gasteiger partial charge in [-0.05, 0) is 57.3 Å². The molecular formula is C26H30Br4O. The molecule has 1 nitrogen and oxygen atoms in total. The lowest BCUT2D eigenvalue weighted by molar-refractivity contribution is 0.195. The first-order valence-electron chi connectivity index (χ1n) is 10.2. The Balaban J connectivity index is 2.05. The average molecular weight is 678 g/mol. The van der Waals surface area contributed by atoms with Crippen LogP contribution in [0.2, 0.25) is 0 Å². The molecular weight excluding hydrogens is 648 g/mol. The van der Waals surface area contributed by atoms with Crippen molar-refractivity contribution in [3.05, 3.63) is 76.6 Å². The number of hydrogen-bond acceptors (Lipinski definition) is 1. The summed E-state index contributed by atoms with van der Waals surface area (Å²) in [6, 6.07) is 8.55. The van der Waals surface area contributed by atoms with Gasteiger partial charge in [0.25, 0.3) is 0 Å². The normalized spacial score (nSPS) is 13.0. The van der Waals surface area contributed by atoms with Crippen LogP contribution < -0.4 is 0 Å². The van der Waals surface area contributed by atoms with Crippen molar-refractivity contribution in [2.45, 2.75) is 52.4 Å². The quantitative estimate of drug-likeness (QED) is 0.277. The van der Waals surface area contributed by atoms with E-state index in [2.05, 4.69) is 154 Å². The largest absolute Gasteiger partial charge is 0.373 e. The standard InChI is InChI=1S/C26H30Br4O/c1-25(2,3)21-13-17(27)15-23(29)19(21)9-7-11-31-12-8-10-20-22(26(4,5)6)14-18(28)16-24(20)30/h7-10,13-16H,11-12H2,1-6H3. The van der Waals surface area contributed by atoms with E-state index in [1.807, 2.05) is 0 Å². The van der Waals surface area contributed by atoms with Gasteiger partial charge in [0.2, 0.25) is 0 Å². The molecule has 0 bridgehead atoms. The molecule has 0 aliphatic rings. The minimum absolute atomic E-state index is 0.0540. The number of benzene rings is 2. The van der Waals surface area contributed by atoms with Crippen LogP contribution in [0.4, 0.5) is 0 Å². The third-order valence-corrected chi connectivity index (χ3v) is 7.03. The lowest BCUT2D eigenvalue weighted by Gasteiger charge is -2.23. The molecule has 31 heavy (non-hydrogen) atoms. The number of halogens is 4. The van der Waals surface area contributed by atoms with Gasteiger partial charge in [-0.25, -0.2) is 0 Å². The predicted octanol–water partition coefficient (Wildman–Crippen LogP) is 10.1. The Labute approximate surface area is 221 Å². The Hall–Kier alpha value is -0.200. The Kier molecular flexibility index (Phi) is 9.85. The predicted molar refractivity (Wildman–Crippen MR) is 150 cm³/mol. The SMILES string of the molecule is CC(C)(C)c1cc(Br)cc(Br)c1C=CCOCC=Cc1c(Br)cc(Br)cc1C(C)(C)C. The van der Waals surface area contributed by atoms with Gasteiger partial charge < -0.3 is 4.74 Å². The van der Waals surface area contributed by atoms with E-state index in [-0.39, 0.29) is 10.8 Å². The fraction of sp³-hybridized carbons (Fsp3) is 0.385. The fourth-order valence-electron chi connectivity index (χ4n) is 3.29. The van der Waals surface area contributed by atoms with Crippen LogP contribution in [0.25, 0.3) is 12.2 Å². The van der Waals surface area contributed by atoms with Crippen molar-refractivity contribution < 1.29 is 4.74 Å². The van der Waals surface area contributed by atoms with Crippen LogP contribution >= 0.6 is 63.7 Å². The first kappa shape index (κ1) is 27.0. The molecule has 0 aromatic heterocycles. The molecule has 0 spiro atoms. The van der Waals surface area contributed by atoms with E-state index >= 15 is 0 Å². The molecule has 2 aromatic rings. The molecule has 168 valence electrons. The number of hydrogen-bond donors (Lipinski definition) is 0. The summed E-state index contributed by atoms with van der Waals surface area (Å²) in [7, 11) is 0. The topological polar surface area (TPSA) is 9.23 Å². The molecule has 0 radical (unpaired) electrons. The van der Waals surface area contributed by atoms with Gasteiger partial charge in [-0.15, -0.1) is 0 Å². The second-order valence-electron chi connectivity index (χ2n) is 9.54. The summed E-state index contributed by atoms with van der Waals surface area (Å²) in [6.07, 6.45) is 8.44. The highest BCUT2D eigenvalue weighted by Gasteiger charge is 2.20. The molecule has 0 saturated carbocycles. The Morgan fingerprint density at radius 3 is 1.32 bits per heavy atom. The molecule has 0 unspecified atom stereocenters. The van der Waals surface area contributed by atoms with E-state index in [9.17, 15) is 0 Å². The average Bonchev–Trinajstić information content (AvgIpc) is 2.61. The van der Waals surface area contributed by atoms with Gasteiger partial charge in [0.05, 0.1) is 13.2 Å². The summed E-state index contributed by atoms with van der Waals surface area (Å²) >= 11 is 14.6. The van der Waals surface area contributed by atoms with Gasteiger partial charge in [-0.2, -0.15) is 0 Å². The van der Waals surface area contributed by atoms with Crippen LogP contribution in [0.3, 0.4) is 0 Å². The lowest BCUT2D eigenvalue weighted by atomic mass is 9.83. The van der Waals surface area contributed by atoms with Gasteiger partial charge in [0.1, 0.15) is 0 Å². The van der Waals surface area contributed by atoms with Crippen LogP contribution in [0, 0.1) is 0 Å². The third kappa shape index (κ3) is 7.96. The molecule has 0 saturated heterocycles. The van der Waals surface area contributed by atoms with E-state index < -0.39 is 0 Å². The van der Waals surface area contributed by atoms with Crippen LogP contribution in [0.1, 0.15) is 63.8 Å². The van der Waals surface area contributed by atoms with Crippen molar-refractivity contribution in [2.75, 3.05) is 13.2 Å². The zero-order valence-corrected chi connectivity index (χ0v) is 25.3. The second-order valence-corrected chi connectivity index (χ2v) is 13.1. The summed E-state index contributed by atoms with van der Waals surface area (Å²) in [5.41, 5.74) is 5.09. The number of ether oxygens (including phenoxy) is 1. The molecule has 5 heteroatoms. The summed E-state index contributed by atoms with van der Waals surface area (Å²) < 4.78 is 10.2. The molecule has 0 N–H and O–H groups in total.